The Hall–Kier alpha value is -2.14. The quantitative estimate of drug-likeness (QED) is 0.731. The van der Waals surface area contributed by atoms with E-state index in [9.17, 15) is 0 Å². The van der Waals surface area contributed by atoms with Gasteiger partial charge in [-0.2, -0.15) is 10.2 Å². The van der Waals surface area contributed by atoms with Gasteiger partial charge in [-0.15, -0.1) is 0 Å². The Morgan fingerprint density at radius 2 is 1.89 bits per heavy atom. The molecule has 1 heterocycles. The van der Waals surface area contributed by atoms with Crippen LogP contribution in [0.5, 0.6) is 11.5 Å². The van der Waals surface area contributed by atoms with Gasteiger partial charge in [0.25, 0.3) is 0 Å². The molecule has 2 N–H and O–H groups in total. The van der Waals surface area contributed by atoms with Gasteiger partial charge in [0.15, 0.2) is 5.75 Å². The van der Waals surface area contributed by atoms with Crippen molar-refractivity contribution in [1.29, 1.82) is 0 Å². The van der Waals surface area contributed by atoms with Gasteiger partial charge >= 0.3 is 0 Å². The van der Waals surface area contributed by atoms with Crippen molar-refractivity contribution in [3.63, 3.8) is 0 Å². The SMILES string of the molecule is Nc1ccc(Br)c(Oc2cnnc3ccccc23)c1. The minimum atomic E-state index is 0.643. The van der Waals surface area contributed by atoms with Crippen molar-refractivity contribution in [1.82, 2.24) is 10.2 Å². The summed E-state index contributed by atoms with van der Waals surface area (Å²) in [6.07, 6.45) is 1.60. The standard InChI is InChI=1S/C14H10BrN3O/c15-11-6-5-9(16)7-13(11)19-14-8-17-18-12-4-2-1-3-10(12)14/h1-8H,16H2. The number of anilines is 1. The van der Waals surface area contributed by atoms with E-state index in [1.54, 1.807) is 18.3 Å². The molecule has 0 saturated carbocycles. The monoisotopic (exact) mass is 315 g/mol. The predicted molar refractivity (Wildman–Crippen MR) is 78.2 cm³/mol. The fraction of sp³-hybridized carbons (Fsp3) is 0. The van der Waals surface area contributed by atoms with Crippen molar-refractivity contribution in [3.8, 4) is 11.5 Å². The van der Waals surface area contributed by atoms with E-state index in [1.165, 1.54) is 0 Å². The number of aromatic nitrogens is 2. The molecule has 5 heteroatoms. The number of fused-ring (bicyclic) bond motifs is 1. The van der Waals surface area contributed by atoms with Crippen molar-refractivity contribution >= 4 is 32.5 Å². The van der Waals surface area contributed by atoms with E-state index in [1.807, 2.05) is 30.3 Å². The van der Waals surface area contributed by atoms with Crippen LogP contribution in [-0.2, 0) is 0 Å². The Bertz CT molecular complexity index is 740. The molecule has 0 radical (unpaired) electrons. The summed E-state index contributed by atoms with van der Waals surface area (Å²) in [4.78, 5) is 0. The largest absolute Gasteiger partial charge is 0.454 e. The third kappa shape index (κ3) is 2.37. The van der Waals surface area contributed by atoms with Crippen LogP contribution in [0.25, 0.3) is 10.9 Å². The molecule has 0 atom stereocenters. The molecule has 0 aliphatic carbocycles. The van der Waals surface area contributed by atoms with Crippen LogP contribution < -0.4 is 10.5 Å². The second-order valence-electron chi connectivity index (χ2n) is 4.02. The van der Waals surface area contributed by atoms with E-state index in [4.69, 9.17) is 10.5 Å². The van der Waals surface area contributed by atoms with Gasteiger partial charge in [0, 0.05) is 17.1 Å². The Morgan fingerprint density at radius 3 is 2.79 bits per heavy atom. The molecular formula is C14H10BrN3O. The first-order valence-corrected chi connectivity index (χ1v) is 6.46. The maximum atomic E-state index is 5.87. The molecule has 19 heavy (non-hydrogen) atoms. The highest BCUT2D eigenvalue weighted by Crippen LogP contribution is 2.33. The van der Waals surface area contributed by atoms with Crippen LogP contribution in [0.3, 0.4) is 0 Å². The molecule has 0 unspecified atom stereocenters. The van der Waals surface area contributed by atoms with Crippen molar-refractivity contribution in [2.75, 3.05) is 5.73 Å². The lowest BCUT2D eigenvalue weighted by Crippen LogP contribution is -1.92. The first-order chi connectivity index (χ1) is 9.24. The van der Waals surface area contributed by atoms with Crippen LogP contribution >= 0.6 is 15.9 Å². The molecule has 4 nitrogen and oxygen atoms in total. The fourth-order valence-corrected chi connectivity index (χ4v) is 2.11. The molecule has 2 aromatic carbocycles. The Kier molecular flexibility index (Phi) is 3.05. The van der Waals surface area contributed by atoms with Crippen LogP contribution in [0, 0.1) is 0 Å². The average Bonchev–Trinajstić information content (AvgIpc) is 2.43. The van der Waals surface area contributed by atoms with E-state index in [0.29, 0.717) is 17.2 Å². The highest BCUT2D eigenvalue weighted by molar-refractivity contribution is 9.10. The third-order valence-electron chi connectivity index (χ3n) is 2.69. The minimum absolute atomic E-state index is 0.643. The Morgan fingerprint density at radius 1 is 1.05 bits per heavy atom. The van der Waals surface area contributed by atoms with Crippen LogP contribution in [0.15, 0.2) is 53.1 Å². The summed E-state index contributed by atoms with van der Waals surface area (Å²) in [6, 6.07) is 13.1. The maximum Gasteiger partial charge on any atom is 0.157 e. The van der Waals surface area contributed by atoms with Gasteiger partial charge < -0.3 is 10.5 Å². The number of nitrogens with zero attached hydrogens (tertiary/aromatic N) is 2. The van der Waals surface area contributed by atoms with Crippen LogP contribution in [0.4, 0.5) is 5.69 Å². The minimum Gasteiger partial charge on any atom is -0.454 e. The summed E-state index contributed by atoms with van der Waals surface area (Å²) in [6.45, 7) is 0. The molecule has 3 rings (SSSR count). The summed E-state index contributed by atoms with van der Waals surface area (Å²) in [5.41, 5.74) is 7.20. The molecule has 0 saturated heterocycles. The Balaban J connectivity index is 2.08. The fourth-order valence-electron chi connectivity index (χ4n) is 1.78. The molecule has 0 aliphatic rings. The van der Waals surface area contributed by atoms with Crippen molar-refractivity contribution in [3.05, 3.63) is 53.1 Å². The first kappa shape index (κ1) is 11.9. The average molecular weight is 316 g/mol. The van der Waals surface area contributed by atoms with Gasteiger partial charge in [0.05, 0.1) is 16.2 Å². The second kappa shape index (κ2) is 4.85. The molecule has 0 fully saturated rings. The summed E-state index contributed by atoms with van der Waals surface area (Å²) in [7, 11) is 0. The lowest BCUT2D eigenvalue weighted by atomic mass is 10.2. The summed E-state index contributed by atoms with van der Waals surface area (Å²) < 4.78 is 6.71. The number of benzene rings is 2. The lowest BCUT2D eigenvalue weighted by molar-refractivity contribution is 0.482. The van der Waals surface area contributed by atoms with E-state index in [2.05, 4.69) is 26.1 Å². The van der Waals surface area contributed by atoms with Gasteiger partial charge in [-0.05, 0) is 40.2 Å². The van der Waals surface area contributed by atoms with E-state index < -0.39 is 0 Å². The smallest absolute Gasteiger partial charge is 0.157 e. The molecule has 0 bridgehead atoms. The van der Waals surface area contributed by atoms with Gasteiger partial charge in [-0.3, -0.25) is 0 Å². The van der Waals surface area contributed by atoms with Crippen LogP contribution in [0.1, 0.15) is 0 Å². The molecule has 0 amide bonds. The summed E-state index contributed by atoms with van der Waals surface area (Å²) in [5.74, 6) is 1.30. The topological polar surface area (TPSA) is 61.0 Å². The van der Waals surface area contributed by atoms with E-state index in [-0.39, 0.29) is 0 Å². The van der Waals surface area contributed by atoms with Crippen LogP contribution in [-0.4, -0.2) is 10.2 Å². The van der Waals surface area contributed by atoms with Crippen molar-refractivity contribution in [2.45, 2.75) is 0 Å². The molecule has 0 spiro atoms. The van der Waals surface area contributed by atoms with E-state index in [0.717, 1.165) is 15.4 Å². The summed E-state index contributed by atoms with van der Waals surface area (Å²) >= 11 is 3.44. The number of nitrogens with two attached hydrogens (primary N) is 1. The summed E-state index contributed by atoms with van der Waals surface area (Å²) in [5, 5.41) is 8.91. The van der Waals surface area contributed by atoms with Crippen molar-refractivity contribution in [2.24, 2.45) is 0 Å². The normalized spacial score (nSPS) is 10.6. The highest BCUT2D eigenvalue weighted by atomic mass is 79.9. The van der Waals surface area contributed by atoms with Crippen molar-refractivity contribution < 1.29 is 4.74 Å². The number of hydrogen-bond donors (Lipinski definition) is 1. The molecular weight excluding hydrogens is 306 g/mol. The van der Waals surface area contributed by atoms with Gasteiger partial charge in [-0.25, -0.2) is 0 Å². The lowest BCUT2D eigenvalue weighted by Gasteiger charge is -2.09. The van der Waals surface area contributed by atoms with Gasteiger partial charge in [-0.1, -0.05) is 12.1 Å². The number of halogens is 1. The highest BCUT2D eigenvalue weighted by Gasteiger charge is 2.07. The second-order valence-corrected chi connectivity index (χ2v) is 4.87. The Labute approximate surface area is 118 Å². The third-order valence-corrected chi connectivity index (χ3v) is 3.34. The number of hydrogen-bond acceptors (Lipinski definition) is 4. The molecule has 0 aliphatic heterocycles. The molecule has 94 valence electrons. The zero-order valence-electron chi connectivity index (χ0n) is 9.88. The zero-order valence-corrected chi connectivity index (χ0v) is 11.5. The zero-order chi connectivity index (χ0) is 13.2. The molecule has 3 aromatic rings. The van der Waals surface area contributed by atoms with Crippen LogP contribution in [0.2, 0.25) is 0 Å². The number of nitrogen functional groups attached to an aromatic ring is 1. The van der Waals surface area contributed by atoms with Gasteiger partial charge in [0.2, 0.25) is 0 Å². The maximum absolute atomic E-state index is 5.87. The van der Waals surface area contributed by atoms with Gasteiger partial charge in [0.1, 0.15) is 5.75 Å². The first-order valence-electron chi connectivity index (χ1n) is 5.67. The number of ether oxygens (including phenoxy) is 1. The number of rotatable bonds is 2. The van der Waals surface area contributed by atoms with E-state index >= 15 is 0 Å². The predicted octanol–water partition coefficient (Wildman–Crippen LogP) is 3.77. The molecule has 1 aromatic heterocycles.